The SMILES string of the molecule is C=C(C)C(=O)CNCCOC. The zero-order chi connectivity index (χ0) is 8.69. The number of hydrogen-bond acceptors (Lipinski definition) is 3. The van der Waals surface area contributed by atoms with Crippen LogP contribution in [0.1, 0.15) is 6.92 Å². The lowest BCUT2D eigenvalue weighted by atomic mass is 10.2. The molecule has 0 aromatic rings. The van der Waals surface area contributed by atoms with Crippen LogP contribution in [0.3, 0.4) is 0 Å². The second-order valence-corrected chi connectivity index (χ2v) is 2.37. The Labute approximate surface area is 67.4 Å². The maximum atomic E-state index is 10.9. The van der Waals surface area contributed by atoms with Crippen LogP contribution >= 0.6 is 0 Å². The van der Waals surface area contributed by atoms with Gasteiger partial charge in [-0.2, -0.15) is 0 Å². The van der Waals surface area contributed by atoms with Crippen LogP contribution in [0.2, 0.25) is 0 Å². The van der Waals surface area contributed by atoms with Gasteiger partial charge in [-0.1, -0.05) is 6.58 Å². The molecule has 0 aliphatic carbocycles. The summed E-state index contributed by atoms with van der Waals surface area (Å²) in [4.78, 5) is 10.9. The molecule has 0 aliphatic heterocycles. The van der Waals surface area contributed by atoms with E-state index in [0.717, 1.165) is 0 Å². The fraction of sp³-hybridized carbons (Fsp3) is 0.625. The molecule has 0 atom stereocenters. The van der Waals surface area contributed by atoms with Crippen LogP contribution in [-0.4, -0.2) is 32.6 Å². The first-order valence-electron chi connectivity index (χ1n) is 3.57. The van der Waals surface area contributed by atoms with Crippen LogP contribution in [0.4, 0.5) is 0 Å². The molecule has 0 rings (SSSR count). The molecule has 64 valence electrons. The van der Waals surface area contributed by atoms with E-state index in [1.54, 1.807) is 14.0 Å². The van der Waals surface area contributed by atoms with Gasteiger partial charge in [-0.25, -0.2) is 0 Å². The van der Waals surface area contributed by atoms with Crippen LogP contribution < -0.4 is 5.32 Å². The third-order valence-electron chi connectivity index (χ3n) is 1.24. The molecule has 0 bridgehead atoms. The maximum absolute atomic E-state index is 10.9. The van der Waals surface area contributed by atoms with Crippen molar-refractivity contribution >= 4 is 5.78 Å². The first-order chi connectivity index (χ1) is 5.18. The Morgan fingerprint density at radius 3 is 2.73 bits per heavy atom. The third kappa shape index (κ3) is 5.76. The lowest BCUT2D eigenvalue weighted by molar-refractivity contribution is -0.114. The normalized spacial score (nSPS) is 9.64. The van der Waals surface area contributed by atoms with Gasteiger partial charge in [-0.15, -0.1) is 0 Å². The van der Waals surface area contributed by atoms with Crippen LogP contribution in [0.5, 0.6) is 0 Å². The van der Waals surface area contributed by atoms with Crippen molar-refractivity contribution in [2.24, 2.45) is 0 Å². The number of nitrogens with one attached hydrogen (secondary N) is 1. The van der Waals surface area contributed by atoms with Gasteiger partial charge in [0.2, 0.25) is 0 Å². The molecular weight excluding hydrogens is 142 g/mol. The van der Waals surface area contributed by atoms with E-state index in [4.69, 9.17) is 4.74 Å². The third-order valence-corrected chi connectivity index (χ3v) is 1.24. The van der Waals surface area contributed by atoms with Gasteiger partial charge in [0, 0.05) is 13.7 Å². The van der Waals surface area contributed by atoms with Crippen molar-refractivity contribution < 1.29 is 9.53 Å². The molecule has 0 fully saturated rings. The zero-order valence-electron chi connectivity index (χ0n) is 7.14. The summed E-state index contributed by atoms with van der Waals surface area (Å²) in [7, 11) is 1.63. The van der Waals surface area contributed by atoms with Crippen molar-refractivity contribution in [3.8, 4) is 0 Å². The largest absolute Gasteiger partial charge is 0.383 e. The number of ketones is 1. The Balaban J connectivity index is 3.25. The number of hydrogen-bond donors (Lipinski definition) is 1. The lowest BCUT2D eigenvalue weighted by Gasteiger charge is -2.01. The predicted molar refractivity (Wildman–Crippen MR) is 44.6 cm³/mol. The highest BCUT2D eigenvalue weighted by Gasteiger charge is 1.99. The zero-order valence-corrected chi connectivity index (χ0v) is 7.14. The summed E-state index contributed by atoms with van der Waals surface area (Å²) in [6, 6.07) is 0. The molecular formula is C8H15NO2. The van der Waals surface area contributed by atoms with Crippen molar-refractivity contribution in [3.05, 3.63) is 12.2 Å². The van der Waals surface area contributed by atoms with E-state index >= 15 is 0 Å². The molecule has 0 heterocycles. The summed E-state index contributed by atoms with van der Waals surface area (Å²) in [6.45, 7) is 6.93. The molecule has 0 aromatic heterocycles. The number of ether oxygens (including phenoxy) is 1. The van der Waals surface area contributed by atoms with Gasteiger partial charge in [0.1, 0.15) is 0 Å². The first kappa shape index (κ1) is 10.3. The molecule has 0 saturated carbocycles. The van der Waals surface area contributed by atoms with Crippen LogP contribution in [0, 0.1) is 0 Å². The summed E-state index contributed by atoms with van der Waals surface area (Å²) >= 11 is 0. The molecule has 0 aromatic carbocycles. The van der Waals surface area contributed by atoms with E-state index in [1.165, 1.54) is 0 Å². The van der Waals surface area contributed by atoms with Gasteiger partial charge in [-0.3, -0.25) is 4.79 Å². The molecule has 0 saturated heterocycles. The van der Waals surface area contributed by atoms with E-state index < -0.39 is 0 Å². The van der Waals surface area contributed by atoms with Gasteiger partial charge >= 0.3 is 0 Å². The molecule has 11 heavy (non-hydrogen) atoms. The number of methoxy groups -OCH3 is 1. The molecule has 0 radical (unpaired) electrons. The maximum Gasteiger partial charge on any atom is 0.171 e. The fourth-order valence-electron chi connectivity index (χ4n) is 0.527. The number of carbonyl (C=O) groups excluding carboxylic acids is 1. The standard InChI is InChI=1S/C8H15NO2/c1-7(2)8(10)6-9-4-5-11-3/h9H,1,4-6H2,2-3H3. The van der Waals surface area contributed by atoms with E-state index in [9.17, 15) is 4.79 Å². The van der Waals surface area contributed by atoms with E-state index in [2.05, 4.69) is 11.9 Å². The van der Waals surface area contributed by atoms with Gasteiger partial charge < -0.3 is 10.1 Å². The Morgan fingerprint density at radius 2 is 2.27 bits per heavy atom. The Bertz CT molecular complexity index is 143. The average molecular weight is 157 g/mol. The fourth-order valence-corrected chi connectivity index (χ4v) is 0.527. The highest BCUT2D eigenvalue weighted by Crippen LogP contribution is 1.86. The quantitative estimate of drug-likeness (QED) is 0.447. The van der Waals surface area contributed by atoms with Crippen LogP contribution in [-0.2, 0) is 9.53 Å². The highest BCUT2D eigenvalue weighted by atomic mass is 16.5. The molecule has 0 spiro atoms. The van der Waals surface area contributed by atoms with Gasteiger partial charge in [0.05, 0.1) is 13.2 Å². The molecule has 3 nitrogen and oxygen atoms in total. The van der Waals surface area contributed by atoms with E-state index in [1.807, 2.05) is 0 Å². The van der Waals surface area contributed by atoms with Crippen LogP contribution in [0.15, 0.2) is 12.2 Å². The second-order valence-electron chi connectivity index (χ2n) is 2.37. The summed E-state index contributed by atoms with van der Waals surface area (Å²) < 4.78 is 4.79. The summed E-state index contributed by atoms with van der Waals surface area (Å²) in [6.07, 6.45) is 0. The Morgan fingerprint density at radius 1 is 1.64 bits per heavy atom. The predicted octanol–water partition coefficient (Wildman–Crippen LogP) is 0.368. The lowest BCUT2D eigenvalue weighted by Crippen LogP contribution is -2.26. The smallest absolute Gasteiger partial charge is 0.171 e. The molecule has 1 N–H and O–H groups in total. The monoisotopic (exact) mass is 157 g/mol. The van der Waals surface area contributed by atoms with Gasteiger partial charge in [0.15, 0.2) is 5.78 Å². The van der Waals surface area contributed by atoms with E-state index in [-0.39, 0.29) is 5.78 Å². The van der Waals surface area contributed by atoms with Crippen molar-refractivity contribution in [1.82, 2.24) is 5.32 Å². The average Bonchev–Trinajstić information content (AvgIpc) is 1.97. The van der Waals surface area contributed by atoms with Gasteiger partial charge in [-0.05, 0) is 12.5 Å². The Hall–Kier alpha value is -0.670. The summed E-state index contributed by atoms with van der Waals surface area (Å²) in [5.74, 6) is 0.0566. The molecule has 0 amide bonds. The molecule has 0 aliphatic rings. The molecule has 0 unspecified atom stereocenters. The van der Waals surface area contributed by atoms with Gasteiger partial charge in [0.25, 0.3) is 0 Å². The van der Waals surface area contributed by atoms with E-state index in [0.29, 0.717) is 25.3 Å². The van der Waals surface area contributed by atoms with Crippen molar-refractivity contribution in [2.45, 2.75) is 6.92 Å². The first-order valence-corrected chi connectivity index (χ1v) is 3.57. The minimum atomic E-state index is 0.0566. The van der Waals surface area contributed by atoms with Crippen molar-refractivity contribution in [3.63, 3.8) is 0 Å². The molecule has 3 heteroatoms. The topological polar surface area (TPSA) is 38.3 Å². The summed E-state index contributed by atoms with van der Waals surface area (Å²) in [5.41, 5.74) is 0.593. The highest BCUT2D eigenvalue weighted by molar-refractivity contribution is 5.95. The Kier molecular flexibility index (Phi) is 5.70. The number of rotatable bonds is 6. The van der Waals surface area contributed by atoms with Crippen LogP contribution in [0.25, 0.3) is 0 Å². The second kappa shape index (κ2) is 6.07. The van der Waals surface area contributed by atoms with Crippen molar-refractivity contribution in [2.75, 3.05) is 26.8 Å². The number of carbonyl (C=O) groups is 1. The minimum absolute atomic E-state index is 0.0566. The number of Topliss-reactive ketones (excluding diaryl/α,β-unsaturated/α-hetero) is 1. The minimum Gasteiger partial charge on any atom is -0.383 e. The summed E-state index contributed by atoms with van der Waals surface area (Å²) in [5, 5.41) is 2.93. The van der Waals surface area contributed by atoms with Crippen molar-refractivity contribution in [1.29, 1.82) is 0 Å².